The molecule has 7 nitrogen and oxygen atoms in total. The number of nitrogens with one attached hydrogen (secondary N) is 1. The highest BCUT2D eigenvalue weighted by molar-refractivity contribution is 5.86. The fraction of sp³-hybridized carbons (Fsp3) is 0.522. The molecule has 3 rings (SSSR count). The maximum atomic E-state index is 13.1. The number of rotatable bonds is 3. The molecule has 0 aliphatic carbocycles. The summed E-state index contributed by atoms with van der Waals surface area (Å²) in [7, 11) is 0. The molecule has 2 atom stereocenters. The quantitative estimate of drug-likeness (QED) is 0.580. The largest absolute Gasteiger partial charge is 0.464 e. The van der Waals surface area contributed by atoms with Gasteiger partial charge in [-0.2, -0.15) is 0 Å². The van der Waals surface area contributed by atoms with Gasteiger partial charge in [-0.05, 0) is 36.8 Å². The number of cyclic esters (lactones) is 1. The van der Waals surface area contributed by atoms with Crippen LogP contribution in [0.25, 0.3) is 0 Å². The minimum absolute atomic E-state index is 0.0780. The molecule has 30 heavy (non-hydrogen) atoms. The first-order chi connectivity index (χ1) is 14.6. The summed E-state index contributed by atoms with van der Waals surface area (Å²) in [5.74, 6) is -1.11. The van der Waals surface area contributed by atoms with E-state index in [-0.39, 0.29) is 50.0 Å². The number of ether oxygens (including phenoxy) is 1. The van der Waals surface area contributed by atoms with Crippen LogP contribution in [-0.2, 0) is 32.1 Å². The van der Waals surface area contributed by atoms with Gasteiger partial charge < -0.3 is 20.1 Å². The summed E-state index contributed by atoms with van der Waals surface area (Å²) in [6.07, 6.45) is 6.80. The zero-order valence-electron chi connectivity index (χ0n) is 17.2. The Morgan fingerprint density at radius 2 is 2.00 bits per heavy atom. The molecule has 0 saturated heterocycles. The maximum absolute atomic E-state index is 13.1. The Balaban J connectivity index is 1.67. The summed E-state index contributed by atoms with van der Waals surface area (Å²) >= 11 is 0. The Kier molecular flexibility index (Phi) is 8.02. The molecule has 1 aromatic rings. The van der Waals surface area contributed by atoms with Crippen molar-refractivity contribution < 1.29 is 24.2 Å². The van der Waals surface area contributed by atoms with E-state index in [1.54, 1.807) is 4.90 Å². The van der Waals surface area contributed by atoms with Crippen molar-refractivity contribution in [3.8, 4) is 0 Å². The van der Waals surface area contributed by atoms with Crippen molar-refractivity contribution in [2.45, 2.75) is 51.1 Å². The molecule has 2 heterocycles. The van der Waals surface area contributed by atoms with Crippen LogP contribution < -0.4 is 5.32 Å². The number of amides is 2. The van der Waals surface area contributed by atoms with Crippen LogP contribution in [0.15, 0.2) is 36.4 Å². The van der Waals surface area contributed by atoms with E-state index >= 15 is 0 Å². The molecule has 0 fully saturated rings. The fourth-order valence-corrected chi connectivity index (χ4v) is 3.95. The summed E-state index contributed by atoms with van der Waals surface area (Å²) in [6, 6.07) is 7.66. The van der Waals surface area contributed by atoms with Gasteiger partial charge in [-0.1, -0.05) is 36.4 Å². The third-order valence-corrected chi connectivity index (χ3v) is 5.68. The monoisotopic (exact) mass is 414 g/mol. The zero-order valence-corrected chi connectivity index (χ0v) is 17.2. The second-order valence-corrected chi connectivity index (χ2v) is 7.84. The number of aliphatic hydroxyl groups excluding tert-OH is 1. The van der Waals surface area contributed by atoms with Gasteiger partial charge in [-0.25, -0.2) is 0 Å². The van der Waals surface area contributed by atoms with Gasteiger partial charge in [-0.3, -0.25) is 14.4 Å². The third kappa shape index (κ3) is 5.92. The van der Waals surface area contributed by atoms with Gasteiger partial charge in [0, 0.05) is 19.4 Å². The molecule has 162 valence electrons. The lowest BCUT2D eigenvalue weighted by Crippen LogP contribution is -2.47. The Labute approximate surface area is 177 Å². The molecular formula is C23H30N2O5. The highest BCUT2D eigenvalue weighted by atomic mass is 16.5. The Morgan fingerprint density at radius 1 is 1.20 bits per heavy atom. The predicted octanol–water partition coefficient (Wildman–Crippen LogP) is 1.73. The lowest BCUT2D eigenvalue weighted by molar-refractivity contribution is -0.144. The average Bonchev–Trinajstić information content (AvgIpc) is 2.77. The first-order valence-corrected chi connectivity index (χ1v) is 10.6. The molecule has 0 spiro atoms. The maximum Gasteiger partial charge on any atom is 0.305 e. The molecule has 0 radical (unpaired) electrons. The topological polar surface area (TPSA) is 95.9 Å². The number of hydrogen-bond acceptors (Lipinski definition) is 5. The van der Waals surface area contributed by atoms with E-state index in [0.717, 1.165) is 17.5 Å². The molecule has 7 heteroatoms. The summed E-state index contributed by atoms with van der Waals surface area (Å²) in [6.45, 7) is 0.700. The molecule has 2 amide bonds. The van der Waals surface area contributed by atoms with Crippen molar-refractivity contribution in [1.82, 2.24) is 10.2 Å². The number of allylic oxidation sites excluding steroid dienone is 2. The lowest BCUT2D eigenvalue weighted by Gasteiger charge is -2.36. The zero-order chi connectivity index (χ0) is 21.3. The first kappa shape index (κ1) is 22.0. The molecule has 2 aliphatic heterocycles. The van der Waals surface area contributed by atoms with Crippen LogP contribution in [0.1, 0.15) is 43.2 Å². The van der Waals surface area contributed by atoms with Gasteiger partial charge in [0.05, 0.1) is 25.1 Å². The van der Waals surface area contributed by atoms with E-state index in [9.17, 15) is 19.5 Å². The van der Waals surface area contributed by atoms with Gasteiger partial charge in [0.2, 0.25) is 11.8 Å². The Bertz CT molecular complexity index is 792. The number of benzene rings is 1. The van der Waals surface area contributed by atoms with E-state index < -0.39 is 5.92 Å². The van der Waals surface area contributed by atoms with Crippen molar-refractivity contribution in [3.63, 3.8) is 0 Å². The van der Waals surface area contributed by atoms with Crippen LogP contribution in [0, 0.1) is 5.92 Å². The number of carbonyl (C=O) groups excluding carboxylic acids is 3. The van der Waals surface area contributed by atoms with Crippen LogP contribution in [0.4, 0.5) is 0 Å². The molecule has 0 aromatic heterocycles. The second kappa shape index (κ2) is 10.9. The van der Waals surface area contributed by atoms with Crippen molar-refractivity contribution in [3.05, 3.63) is 47.5 Å². The van der Waals surface area contributed by atoms with Gasteiger partial charge in [0.25, 0.3) is 0 Å². The SMILES string of the molecule is O=C1CCCC=CCC(CC(=O)N2Cc3ccccc3CC2CO)C(=O)NCCO1. The van der Waals surface area contributed by atoms with Crippen molar-refractivity contribution in [1.29, 1.82) is 0 Å². The third-order valence-electron chi connectivity index (χ3n) is 5.68. The average molecular weight is 415 g/mol. The smallest absolute Gasteiger partial charge is 0.305 e. The summed E-state index contributed by atoms with van der Waals surface area (Å²) in [4.78, 5) is 39.0. The molecule has 1 aromatic carbocycles. The van der Waals surface area contributed by atoms with E-state index in [0.29, 0.717) is 32.2 Å². The number of hydrogen-bond donors (Lipinski definition) is 2. The van der Waals surface area contributed by atoms with Crippen LogP contribution in [0.3, 0.4) is 0 Å². The number of aliphatic hydroxyl groups is 1. The van der Waals surface area contributed by atoms with Crippen molar-refractivity contribution >= 4 is 17.8 Å². The second-order valence-electron chi connectivity index (χ2n) is 7.84. The molecule has 0 saturated carbocycles. The normalized spacial score (nSPS) is 23.3. The number of carbonyl (C=O) groups is 3. The highest BCUT2D eigenvalue weighted by Crippen LogP contribution is 2.25. The van der Waals surface area contributed by atoms with Crippen LogP contribution in [0.5, 0.6) is 0 Å². The minimum atomic E-state index is -0.498. The van der Waals surface area contributed by atoms with Crippen LogP contribution in [-0.4, -0.2) is 53.6 Å². The van der Waals surface area contributed by atoms with Crippen molar-refractivity contribution in [2.24, 2.45) is 5.92 Å². The van der Waals surface area contributed by atoms with E-state index in [4.69, 9.17) is 4.74 Å². The number of fused-ring (bicyclic) bond motifs is 1. The Morgan fingerprint density at radius 3 is 2.80 bits per heavy atom. The lowest BCUT2D eigenvalue weighted by atomic mass is 9.92. The van der Waals surface area contributed by atoms with E-state index in [2.05, 4.69) is 5.32 Å². The Hall–Kier alpha value is -2.67. The summed E-state index contributed by atoms with van der Waals surface area (Å²) < 4.78 is 5.10. The fourth-order valence-electron chi connectivity index (χ4n) is 3.95. The number of esters is 1. The standard InChI is InChI=1S/C23H30N2O5/c26-16-20-13-17-7-5-6-9-19(17)15-25(20)21(27)14-18-8-3-1-2-4-10-22(28)30-12-11-24-23(18)29/h1,3,5-7,9,18,20,26H,2,4,8,10-16H2,(H,24,29). The van der Waals surface area contributed by atoms with Crippen LogP contribution in [0.2, 0.25) is 0 Å². The first-order valence-electron chi connectivity index (χ1n) is 10.6. The van der Waals surface area contributed by atoms with Gasteiger partial charge in [0.1, 0.15) is 6.61 Å². The van der Waals surface area contributed by atoms with Crippen LogP contribution >= 0.6 is 0 Å². The van der Waals surface area contributed by atoms with Gasteiger partial charge in [-0.15, -0.1) is 0 Å². The van der Waals surface area contributed by atoms with Gasteiger partial charge in [0.15, 0.2) is 0 Å². The summed E-state index contributed by atoms with van der Waals surface area (Å²) in [5.41, 5.74) is 2.23. The minimum Gasteiger partial charge on any atom is -0.464 e. The van der Waals surface area contributed by atoms with E-state index in [1.165, 1.54) is 0 Å². The molecule has 2 aliphatic rings. The predicted molar refractivity (Wildman–Crippen MR) is 111 cm³/mol. The molecule has 0 bridgehead atoms. The highest BCUT2D eigenvalue weighted by Gasteiger charge is 2.31. The molecular weight excluding hydrogens is 384 g/mol. The molecule has 2 unspecified atom stereocenters. The number of nitrogens with zero attached hydrogens (tertiary/aromatic N) is 1. The van der Waals surface area contributed by atoms with Gasteiger partial charge >= 0.3 is 5.97 Å². The summed E-state index contributed by atoms with van der Waals surface area (Å²) in [5, 5.41) is 12.6. The van der Waals surface area contributed by atoms with E-state index in [1.807, 2.05) is 36.4 Å². The molecule has 2 N–H and O–H groups in total. The van der Waals surface area contributed by atoms with Crippen molar-refractivity contribution in [2.75, 3.05) is 19.8 Å².